The van der Waals surface area contributed by atoms with Gasteiger partial charge in [0.2, 0.25) is 0 Å². The second kappa shape index (κ2) is 8.97. The lowest BCUT2D eigenvalue weighted by Gasteiger charge is -2.37. The highest BCUT2D eigenvalue weighted by atomic mass is 32.1. The molecule has 0 bridgehead atoms. The third kappa shape index (κ3) is 4.52. The molecule has 2 aliphatic heterocycles. The van der Waals surface area contributed by atoms with Crippen LogP contribution in [0.4, 0.5) is 5.69 Å². The molecule has 1 saturated heterocycles. The number of para-hydroxylation sites is 1. The van der Waals surface area contributed by atoms with E-state index in [0.29, 0.717) is 5.56 Å². The molecule has 1 fully saturated rings. The molecule has 0 saturated carbocycles. The first-order valence-corrected chi connectivity index (χ1v) is 10.4. The number of fused-ring (bicyclic) bond motifs is 1. The molecule has 0 unspecified atom stereocenters. The second-order valence-corrected chi connectivity index (χ2v) is 7.59. The molecule has 4 rings (SSSR count). The number of anilines is 1. The average molecular weight is 405 g/mol. The molecule has 0 spiro atoms. The van der Waals surface area contributed by atoms with E-state index in [0.717, 1.165) is 67.7 Å². The quantitative estimate of drug-likeness (QED) is 0.769. The Morgan fingerprint density at radius 1 is 1.07 bits per heavy atom. The maximum Gasteiger partial charge on any atom is 0.173 e. The topological polar surface area (TPSA) is 51.5 Å². The molecule has 2 aliphatic rings. The number of hydrogen-bond donors (Lipinski definition) is 1. The Morgan fingerprint density at radius 2 is 1.83 bits per heavy atom. The molecule has 0 amide bonds. The molecule has 2 aromatic carbocycles. The summed E-state index contributed by atoms with van der Waals surface area (Å²) >= 11 is 5.65. The van der Waals surface area contributed by atoms with Gasteiger partial charge in [0.05, 0.1) is 18.2 Å². The van der Waals surface area contributed by atoms with Crippen molar-refractivity contribution in [2.75, 3.05) is 37.7 Å². The first-order valence-electron chi connectivity index (χ1n) is 9.96. The summed E-state index contributed by atoms with van der Waals surface area (Å²) in [5.41, 5.74) is 4.22. The molecule has 0 aromatic heterocycles. The number of piperazine rings is 1. The van der Waals surface area contributed by atoms with E-state index in [4.69, 9.17) is 22.2 Å². The molecule has 6 heteroatoms. The van der Waals surface area contributed by atoms with E-state index in [1.54, 1.807) is 0 Å². The van der Waals surface area contributed by atoms with E-state index >= 15 is 0 Å². The standard InChI is InChI=1S/C23H24N4OS/c24-16-18-7-9-20(10-8-18)26-11-13-27(14-12-26)23(29)25-17-19-4-3-15-28-22-6-2-1-5-21(19)22/h1-2,5-10,17H,3-4,11-15H2,(H,25,29)/b19-17-. The second-order valence-electron chi connectivity index (χ2n) is 7.20. The minimum Gasteiger partial charge on any atom is -0.493 e. The van der Waals surface area contributed by atoms with Crippen molar-refractivity contribution in [3.8, 4) is 11.8 Å². The summed E-state index contributed by atoms with van der Waals surface area (Å²) in [5, 5.41) is 13.1. The van der Waals surface area contributed by atoms with Gasteiger partial charge in [0, 0.05) is 43.6 Å². The van der Waals surface area contributed by atoms with Gasteiger partial charge in [-0.1, -0.05) is 18.2 Å². The molecule has 29 heavy (non-hydrogen) atoms. The lowest BCUT2D eigenvalue weighted by molar-refractivity contribution is 0.318. The fourth-order valence-electron chi connectivity index (χ4n) is 3.74. The summed E-state index contributed by atoms with van der Waals surface area (Å²) in [6.07, 6.45) is 4.01. The maximum absolute atomic E-state index is 8.95. The highest BCUT2D eigenvalue weighted by molar-refractivity contribution is 7.80. The fourth-order valence-corrected chi connectivity index (χ4v) is 3.98. The van der Waals surface area contributed by atoms with Crippen LogP contribution in [0.15, 0.2) is 54.7 Å². The van der Waals surface area contributed by atoms with Gasteiger partial charge in [-0.3, -0.25) is 0 Å². The van der Waals surface area contributed by atoms with Crippen LogP contribution in [0.3, 0.4) is 0 Å². The zero-order chi connectivity index (χ0) is 20.1. The van der Waals surface area contributed by atoms with Gasteiger partial charge in [0.25, 0.3) is 0 Å². The number of nitriles is 1. The first kappa shape index (κ1) is 19.3. The summed E-state index contributed by atoms with van der Waals surface area (Å²) < 4.78 is 5.84. The van der Waals surface area contributed by atoms with Crippen LogP contribution in [0.1, 0.15) is 24.0 Å². The van der Waals surface area contributed by atoms with Crippen LogP contribution in [0, 0.1) is 11.3 Å². The van der Waals surface area contributed by atoms with Crippen molar-refractivity contribution in [2.24, 2.45) is 0 Å². The minimum absolute atomic E-state index is 0.691. The number of benzene rings is 2. The minimum atomic E-state index is 0.691. The van der Waals surface area contributed by atoms with Gasteiger partial charge >= 0.3 is 0 Å². The Morgan fingerprint density at radius 3 is 2.59 bits per heavy atom. The lowest BCUT2D eigenvalue weighted by Crippen LogP contribution is -2.51. The van der Waals surface area contributed by atoms with E-state index in [-0.39, 0.29) is 0 Å². The monoisotopic (exact) mass is 404 g/mol. The van der Waals surface area contributed by atoms with Crippen molar-refractivity contribution in [3.63, 3.8) is 0 Å². The number of rotatable bonds is 2. The van der Waals surface area contributed by atoms with Crippen LogP contribution < -0.4 is 15.0 Å². The maximum atomic E-state index is 8.95. The van der Waals surface area contributed by atoms with E-state index in [2.05, 4.69) is 27.3 Å². The van der Waals surface area contributed by atoms with E-state index in [9.17, 15) is 0 Å². The third-order valence-corrected chi connectivity index (χ3v) is 5.76. The van der Waals surface area contributed by atoms with Gasteiger partial charge in [-0.05, 0) is 61.0 Å². The average Bonchev–Trinajstić information content (AvgIpc) is 3.00. The fraction of sp³-hybridized carbons (Fsp3) is 0.304. The Hall–Kier alpha value is -3.04. The summed E-state index contributed by atoms with van der Waals surface area (Å²) in [7, 11) is 0. The van der Waals surface area contributed by atoms with Crippen molar-refractivity contribution in [1.82, 2.24) is 10.2 Å². The predicted octanol–water partition coefficient (Wildman–Crippen LogP) is 3.77. The van der Waals surface area contributed by atoms with Crippen molar-refractivity contribution in [2.45, 2.75) is 12.8 Å². The molecular formula is C23H24N4OS. The number of ether oxygens (including phenoxy) is 1. The SMILES string of the molecule is N#Cc1ccc(N2CCN(C(=S)N/C=C3/CCCOc4ccccc43)CC2)cc1. The Labute approximate surface area is 177 Å². The normalized spacial score (nSPS) is 17.7. The summed E-state index contributed by atoms with van der Waals surface area (Å²) in [4.78, 5) is 4.54. The van der Waals surface area contributed by atoms with Crippen LogP contribution in [-0.4, -0.2) is 42.8 Å². The largest absolute Gasteiger partial charge is 0.493 e. The highest BCUT2D eigenvalue weighted by Crippen LogP contribution is 2.31. The Bertz CT molecular complexity index is 940. The molecular weight excluding hydrogens is 380 g/mol. The lowest BCUT2D eigenvalue weighted by atomic mass is 10.0. The highest BCUT2D eigenvalue weighted by Gasteiger charge is 2.19. The van der Waals surface area contributed by atoms with Crippen LogP contribution in [-0.2, 0) is 0 Å². The van der Waals surface area contributed by atoms with Gasteiger partial charge in [-0.2, -0.15) is 5.26 Å². The van der Waals surface area contributed by atoms with Crippen molar-refractivity contribution in [3.05, 3.63) is 65.9 Å². The number of allylic oxidation sites excluding steroid dienone is 1. The zero-order valence-corrected chi connectivity index (χ0v) is 17.1. The van der Waals surface area contributed by atoms with Gasteiger partial charge in [-0.15, -0.1) is 0 Å². The number of hydrogen-bond acceptors (Lipinski definition) is 4. The summed E-state index contributed by atoms with van der Waals surface area (Å²) in [6, 6.07) is 18.1. The van der Waals surface area contributed by atoms with Gasteiger partial charge in [-0.25, -0.2) is 0 Å². The molecule has 1 N–H and O–H groups in total. The first-order chi connectivity index (χ1) is 14.2. The van der Waals surface area contributed by atoms with Crippen LogP contribution in [0.25, 0.3) is 5.57 Å². The number of nitrogens with one attached hydrogen (secondary N) is 1. The predicted molar refractivity (Wildman–Crippen MR) is 120 cm³/mol. The van der Waals surface area contributed by atoms with Crippen molar-refractivity contribution < 1.29 is 4.74 Å². The molecule has 148 valence electrons. The Kier molecular flexibility index (Phi) is 5.97. The van der Waals surface area contributed by atoms with E-state index in [1.807, 2.05) is 48.7 Å². The van der Waals surface area contributed by atoms with Gasteiger partial charge in [0.15, 0.2) is 5.11 Å². The summed E-state index contributed by atoms with van der Waals surface area (Å²) in [6.45, 7) is 4.29. The van der Waals surface area contributed by atoms with Gasteiger partial charge < -0.3 is 19.9 Å². The summed E-state index contributed by atoms with van der Waals surface area (Å²) in [5.74, 6) is 0.944. The van der Waals surface area contributed by atoms with Crippen LogP contribution >= 0.6 is 12.2 Å². The number of nitrogens with zero attached hydrogens (tertiary/aromatic N) is 3. The van der Waals surface area contributed by atoms with Crippen LogP contribution in [0.2, 0.25) is 0 Å². The van der Waals surface area contributed by atoms with Crippen molar-refractivity contribution in [1.29, 1.82) is 5.26 Å². The van der Waals surface area contributed by atoms with E-state index < -0.39 is 0 Å². The zero-order valence-electron chi connectivity index (χ0n) is 16.3. The molecule has 5 nitrogen and oxygen atoms in total. The Balaban J connectivity index is 1.35. The number of thiocarbonyl (C=S) groups is 1. The van der Waals surface area contributed by atoms with Crippen LogP contribution in [0.5, 0.6) is 5.75 Å². The molecule has 2 aromatic rings. The molecule has 0 aliphatic carbocycles. The van der Waals surface area contributed by atoms with Gasteiger partial charge in [0.1, 0.15) is 5.75 Å². The van der Waals surface area contributed by atoms with E-state index in [1.165, 1.54) is 5.57 Å². The third-order valence-electron chi connectivity index (χ3n) is 5.38. The molecule has 0 atom stereocenters. The smallest absolute Gasteiger partial charge is 0.173 e. The molecule has 0 radical (unpaired) electrons. The van der Waals surface area contributed by atoms with Crippen molar-refractivity contribution >= 4 is 28.6 Å². The molecule has 2 heterocycles.